The average Bonchev–Trinajstić information content (AvgIpc) is 3.23. The number of rotatable bonds is 8. The highest BCUT2D eigenvalue weighted by Gasteiger charge is 2.35. The van der Waals surface area contributed by atoms with Crippen LogP contribution in [0, 0.1) is 5.92 Å². The summed E-state index contributed by atoms with van der Waals surface area (Å²) in [5.41, 5.74) is 3.88. The third-order valence-corrected chi connectivity index (χ3v) is 5.27. The van der Waals surface area contributed by atoms with Crippen LogP contribution in [-0.4, -0.2) is 64.1 Å². The molecule has 1 aliphatic rings. The summed E-state index contributed by atoms with van der Waals surface area (Å²) in [5, 5.41) is 4.57. The number of nitrogens with zero attached hydrogens (tertiary/aromatic N) is 4. The van der Waals surface area contributed by atoms with E-state index in [1.807, 2.05) is 0 Å². The zero-order chi connectivity index (χ0) is 28.1. The molecule has 0 bridgehead atoms. The zero-order valence-corrected chi connectivity index (χ0v) is 19.9. The quantitative estimate of drug-likeness (QED) is 0.199. The maximum Gasteiger partial charge on any atom is 0.434 e. The van der Waals surface area contributed by atoms with Crippen molar-refractivity contribution in [1.82, 2.24) is 19.9 Å². The van der Waals surface area contributed by atoms with Crippen molar-refractivity contribution in [2.75, 3.05) is 36.9 Å². The fraction of sp³-hybridized carbons (Fsp3) is 0.409. The van der Waals surface area contributed by atoms with Crippen molar-refractivity contribution in [3.8, 4) is 5.88 Å². The Morgan fingerprint density at radius 3 is 2.32 bits per heavy atom. The molecule has 1 saturated heterocycles. The minimum absolute atomic E-state index is 0.0911. The predicted octanol–water partition coefficient (Wildman–Crippen LogP) is 2.96. The van der Waals surface area contributed by atoms with E-state index in [0.717, 1.165) is 0 Å². The molecule has 0 saturated carbocycles. The lowest BCUT2D eigenvalue weighted by Gasteiger charge is -2.17. The molecule has 38 heavy (non-hydrogen) atoms. The third kappa shape index (κ3) is 8.29. The molecule has 16 heteroatoms. The van der Waals surface area contributed by atoms with Crippen molar-refractivity contribution in [1.29, 1.82) is 0 Å². The number of anilines is 2. The lowest BCUT2D eigenvalue weighted by atomic mass is 10.1. The first kappa shape index (κ1) is 28.6. The monoisotopic (exact) mass is 547 g/mol. The number of halogens is 6. The Hall–Kier alpha value is -3.95. The molecule has 1 aliphatic heterocycles. The molecular weight excluding hydrogens is 524 g/mol. The van der Waals surface area contributed by atoms with E-state index in [-0.39, 0.29) is 42.2 Å². The van der Waals surface area contributed by atoms with Gasteiger partial charge in [-0.15, -0.1) is 0 Å². The van der Waals surface area contributed by atoms with Crippen LogP contribution in [0.3, 0.4) is 0 Å². The molecule has 10 nitrogen and oxygen atoms in total. The van der Waals surface area contributed by atoms with Gasteiger partial charge < -0.3 is 21.1 Å². The SMILES string of the molecule is CC(N)=C(C(=O)Nc1ccc(OC[C@@H]2CCN(CC(F)(F)F)C2)nc1)C(=O)Nc1cnc(C(F)(F)F)cn1. The van der Waals surface area contributed by atoms with Gasteiger partial charge in [0.05, 0.1) is 37.4 Å². The molecule has 3 heterocycles. The van der Waals surface area contributed by atoms with E-state index in [1.165, 1.54) is 30.2 Å². The van der Waals surface area contributed by atoms with Gasteiger partial charge in [-0.1, -0.05) is 0 Å². The van der Waals surface area contributed by atoms with Crippen molar-refractivity contribution >= 4 is 23.3 Å². The standard InChI is InChI=1S/C22H23F6N7O3/c1-12(29)18(20(37)34-16-8-30-15(7-31-16)22(26,27)28)19(36)33-14-2-3-17(32-6-14)38-10-13-4-5-35(9-13)11-21(23,24)25/h2-3,6-8,13H,4-5,9-11,29H2,1H3,(H,33,36)(H,31,34,37)/t13-/m1/s1. The minimum atomic E-state index is -4.71. The largest absolute Gasteiger partial charge is 0.477 e. The summed E-state index contributed by atoms with van der Waals surface area (Å²) in [6.07, 6.45) is -6.07. The Balaban J connectivity index is 1.53. The fourth-order valence-electron chi connectivity index (χ4n) is 3.56. The number of nitrogens with one attached hydrogen (secondary N) is 2. The number of amides is 2. The second-order valence-corrected chi connectivity index (χ2v) is 8.45. The van der Waals surface area contributed by atoms with Crippen LogP contribution < -0.4 is 21.1 Å². The minimum Gasteiger partial charge on any atom is -0.477 e. The number of carbonyl (C=O) groups is 2. The summed E-state index contributed by atoms with van der Waals surface area (Å²) in [7, 11) is 0. The van der Waals surface area contributed by atoms with E-state index < -0.39 is 42.0 Å². The highest BCUT2D eigenvalue weighted by Crippen LogP contribution is 2.27. The number of hydrogen-bond donors (Lipinski definition) is 3. The Morgan fingerprint density at radius 1 is 1.05 bits per heavy atom. The number of carbonyl (C=O) groups excluding carboxylic acids is 2. The smallest absolute Gasteiger partial charge is 0.434 e. The number of likely N-dealkylation sites (tertiary alicyclic amines) is 1. The Bertz CT molecular complexity index is 1160. The molecule has 2 amide bonds. The van der Waals surface area contributed by atoms with Crippen molar-refractivity contribution < 1.29 is 40.7 Å². The van der Waals surface area contributed by atoms with Gasteiger partial charge in [-0.05, 0) is 26.0 Å². The average molecular weight is 547 g/mol. The topological polar surface area (TPSA) is 135 Å². The summed E-state index contributed by atoms with van der Waals surface area (Å²) in [5.74, 6) is -2.19. The number of pyridine rings is 1. The van der Waals surface area contributed by atoms with Crippen molar-refractivity contribution in [2.45, 2.75) is 25.7 Å². The van der Waals surface area contributed by atoms with Gasteiger partial charge in [0.25, 0.3) is 11.8 Å². The van der Waals surface area contributed by atoms with E-state index in [0.29, 0.717) is 25.4 Å². The van der Waals surface area contributed by atoms with Gasteiger partial charge in [0.2, 0.25) is 5.88 Å². The molecule has 2 aromatic rings. The summed E-state index contributed by atoms with van der Waals surface area (Å²) in [4.78, 5) is 37.1. The molecule has 4 N–H and O–H groups in total. The number of allylic oxidation sites excluding steroid dienone is 1. The number of nitrogens with two attached hydrogens (primary N) is 1. The number of ether oxygens (including phenoxy) is 1. The van der Waals surface area contributed by atoms with E-state index in [4.69, 9.17) is 10.5 Å². The fourth-order valence-corrected chi connectivity index (χ4v) is 3.56. The van der Waals surface area contributed by atoms with E-state index in [2.05, 4.69) is 25.6 Å². The van der Waals surface area contributed by atoms with Crippen LogP contribution in [0.4, 0.5) is 37.8 Å². The van der Waals surface area contributed by atoms with Crippen LogP contribution >= 0.6 is 0 Å². The van der Waals surface area contributed by atoms with E-state index in [1.54, 1.807) is 0 Å². The van der Waals surface area contributed by atoms with Crippen LogP contribution in [0.2, 0.25) is 0 Å². The lowest BCUT2D eigenvalue weighted by molar-refractivity contribution is -0.144. The summed E-state index contributed by atoms with van der Waals surface area (Å²) in [6, 6.07) is 2.85. The Morgan fingerprint density at radius 2 is 1.76 bits per heavy atom. The molecule has 0 spiro atoms. The first-order valence-electron chi connectivity index (χ1n) is 11.1. The normalized spacial score (nSPS) is 17.1. The van der Waals surface area contributed by atoms with Crippen LogP contribution in [0.25, 0.3) is 0 Å². The van der Waals surface area contributed by atoms with Gasteiger partial charge in [0.1, 0.15) is 5.57 Å². The molecule has 1 fully saturated rings. The summed E-state index contributed by atoms with van der Waals surface area (Å²) in [6.45, 7) is 1.05. The van der Waals surface area contributed by atoms with Gasteiger partial charge in [-0.25, -0.2) is 15.0 Å². The lowest BCUT2D eigenvalue weighted by Crippen LogP contribution is -2.32. The molecule has 2 aromatic heterocycles. The van der Waals surface area contributed by atoms with Crippen LogP contribution in [-0.2, 0) is 15.8 Å². The van der Waals surface area contributed by atoms with Gasteiger partial charge >= 0.3 is 12.4 Å². The zero-order valence-electron chi connectivity index (χ0n) is 19.9. The van der Waals surface area contributed by atoms with Crippen molar-refractivity contribution in [2.24, 2.45) is 11.7 Å². The molecule has 3 rings (SSSR count). The molecule has 0 aromatic carbocycles. The molecule has 0 radical (unpaired) electrons. The molecule has 0 unspecified atom stereocenters. The Kier molecular flexibility index (Phi) is 8.75. The highest BCUT2D eigenvalue weighted by atomic mass is 19.4. The number of hydrogen-bond acceptors (Lipinski definition) is 8. The van der Waals surface area contributed by atoms with Crippen LogP contribution in [0.5, 0.6) is 5.88 Å². The maximum absolute atomic E-state index is 12.6. The van der Waals surface area contributed by atoms with E-state index >= 15 is 0 Å². The maximum atomic E-state index is 12.6. The highest BCUT2D eigenvalue weighted by molar-refractivity contribution is 6.26. The number of alkyl halides is 6. The van der Waals surface area contributed by atoms with Crippen molar-refractivity contribution in [3.05, 3.63) is 47.7 Å². The second-order valence-electron chi connectivity index (χ2n) is 8.45. The summed E-state index contributed by atoms with van der Waals surface area (Å²) < 4.78 is 80.9. The van der Waals surface area contributed by atoms with E-state index in [9.17, 15) is 35.9 Å². The van der Waals surface area contributed by atoms with Crippen LogP contribution in [0.15, 0.2) is 42.0 Å². The van der Waals surface area contributed by atoms with Gasteiger partial charge in [0, 0.05) is 24.2 Å². The van der Waals surface area contributed by atoms with Crippen LogP contribution in [0.1, 0.15) is 19.0 Å². The summed E-state index contributed by atoms with van der Waals surface area (Å²) >= 11 is 0. The molecule has 1 atom stereocenters. The predicted molar refractivity (Wildman–Crippen MR) is 122 cm³/mol. The Labute approximate surface area is 212 Å². The van der Waals surface area contributed by atoms with Crippen molar-refractivity contribution in [3.63, 3.8) is 0 Å². The second kappa shape index (κ2) is 11.6. The van der Waals surface area contributed by atoms with Gasteiger partial charge in [-0.2, -0.15) is 26.3 Å². The first-order chi connectivity index (χ1) is 17.7. The molecule has 206 valence electrons. The first-order valence-corrected chi connectivity index (χ1v) is 11.1. The number of aromatic nitrogens is 3. The molecular formula is C22H23F6N7O3. The van der Waals surface area contributed by atoms with Gasteiger partial charge in [-0.3, -0.25) is 14.5 Å². The van der Waals surface area contributed by atoms with Gasteiger partial charge in [0.15, 0.2) is 11.5 Å². The third-order valence-electron chi connectivity index (χ3n) is 5.27. The molecule has 0 aliphatic carbocycles.